The minimum absolute atomic E-state index is 0.0197. The molecule has 0 aliphatic rings. The summed E-state index contributed by atoms with van der Waals surface area (Å²) in [5.74, 6) is -0.285. The van der Waals surface area contributed by atoms with Gasteiger partial charge in [0.25, 0.3) is 0 Å². The fraction of sp³-hybridized carbons (Fsp3) is 0.273. The summed E-state index contributed by atoms with van der Waals surface area (Å²) in [5, 5.41) is 3.55. The van der Waals surface area contributed by atoms with E-state index in [1.165, 1.54) is 13.0 Å². The van der Waals surface area contributed by atoms with Crippen molar-refractivity contribution in [2.75, 3.05) is 12.3 Å². The van der Waals surface area contributed by atoms with Crippen LogP contribution in [0.2, 0.25) is 0 Å². The molecule has 0 amide bonds. The second kappa shape index (κ2) is 5.55. The van der Waals surface area contributed by atoms with Gasteiger partial charge in [0.15, 0.2) is 5.82 Å². The summed E-state index contributed by atoms with van der Waals surface area (Å²) in [6, 6.07) is 2.29. The van der Waals surface area contributed by atoms with Crippen LogP contribution in [0.5, 0.6) is 0 Å². The zero-order chi connectivity index (χ0) is 14.8. The van der Waals surface area contributed by atoms with Crippen LogP contribution in [0.4, 0.5) is 10.1 Å². The second-order valence-electron chi connectivity index (χ2n) is 4.12. The molecule has 0 saturated heterocycles. The lowest BCUT2D eigenvalue weighted by atomic mass is 10.2. The van der Waals surface area contributed by atoms with Crippen LogP contribution >= 0.6 is 0 Å². The summed E-state index contributed by atoms with van der Waals surface area (Å²) in [7, 11) is -3.85. The molecule has 1 heterocycles. The Morgan fingerprint density at radius 1 is 1.45 bits per heavy atom. The van der Waals surface area contributed by atoms with Crippen LogP contribution in [0.25, 0.3) is 0 Å². The zero-order valence-corrected chi connectivity index (χ0v) is 11.4. The number of nitrogens with two attached hydrogens (primary N) is 1. The van der Waals surface area contributed by atoms with E-state index in [1.54, 1.807) is 0 Å². The predicted octanol–water partition coefficient (Wildman–Crippen LogP) is 0.620. The SMILES string of the molecule is Cc1c(F)cc(N)cc1S(=O)(=O)NCCc1ncon1. The number of aromatic nitrogens is 2. The van der Waals surface area contributed by atoms with Gasteiger partial charge in [0.05, 0.1) is 4.90 Å². The Morgan fingerprint density at radius 3 is 2.85 bits per heavy atom. The Kier molecular flexibility index (Phi) is 4.00. The highest BCUT2D eigenvalue weighted by Gasteiger charge is 2.19. The average Bonchev–Trinajstić information content (AvgIpc) is 2.86. The van der Waals surface area contributed by atoms with Crippen LogP contribution in [-0.2, 0) is 16.4 Å². The van der Waals surface area contributed by atoms with Crippen molar-refractivity contribution in [3.05, 3.63) is 35.7 Å². The second-order valence-corrected chi connectivity index (χ2v) is 5.86. The summed E-state index contributed by atoms with van der Waals surface area (Å²) >= 11 is 0. The molecule has 0 unspecified atom stereocenters. The zero-order valence-electron chi connectivity index (χ0n) is 10.6. The topological polar surface area (TPSA) is 111 Å². The van der Waals surface area contributed by atoms with Crippen molar-refractivity contribution in [2.45, 2.75) is 18.2 Å². The molecule has 0 fully saturated rings. The van der Waals surface area contributed by atoms with E-state index in [1.807, 2.05) is 0 Å². The molecule has 20 heavy (non-hydrogen) atoms. The monoisotopic (exact) mass is 300 g/mol. The molecule has 0 atom stereocenters. The lowest BCUT2D eigenvalue weighted by molar-refractivity contribution is 0.410. The number of benzene rings is 1. The van der Waals surface area contributed by atoms with E-state index >= 15 is 0 Å². The van der Waals surface area contributed by atoms with E-state index in [-0.39, 0.29) is 29.1 Å². The maximum absolute atomic E-state index is 13.5. The van der Waals surface area contributed by atoms with Gasteiger partial charge >= 0.3 is 0 Å². The van der Waals surface area contributed by atoms with Crippen molar-refractivity contribution in [1.29, 1.82) is 0 Å². The lowest BCUT2D eigenvalue weighted by Gasteiger charge is -2.10. The van der Waals surface area contributed by atoms with E-state index in [4.69, 9.17) is 5.73 Å². The Hall–Kier alpha value is -2.00. The molecule has 1 aromatic carbocycles. The highest BCUT2D eigenvalue weighted by molar-refractivity contribution is 7.89. The van der Waals surface area contributed by atoms with Gasteiger partial charge in [-0.05, 0) is 19.1 Å². The van der Waals surface area contributed by atoms with Gasteiger partial charge in [0.2, 0.25) is 16.4 Å². The van der Waals surface area contributed by atoms with E-state index in [2.05, 4.69) is 19.4 Å². The Balaban J connectivity index is 2.14. The Morgan fingerprint density at radius 2 is 2.20 bits per heavy atom. The smallest absolute Gasteiger partial charge is 0.241 e. The third kappa shape index (κ3) is 3.11. The van der Waals surface area contributed by atoms with E-state index < -0.39 is 15.8 Å². The molecule has 108 valence electrons. The maximum atomic E-state index is 13.5. The van der Waals surface area contributed by atoms with Gasteiger partial charge in [0, 0.05) is 24.2 Å². The van der Waals surface area contributed by atoms with Gasteiger partial charge in [-0.3, -0.25) is 0 Å². The quantitative estimate of drug-likeness (QED) is 0.783. The summed E-state index contributed by atoms with van der Waals surface area (Å²) < 4.78 is 44.6. The Bertz CT molecular complexity index is 701. The minimum atomic E-state index is -3.85. The average molecular weight is 300 g/mol. The molecule has 0 aliphatic heterocycles. The fourth-order valence-electron chi connectivity index (χ4n) is 1.63. The van der Waals surface area contributed by atoms with Crippen LogP contribution < -0.4 is 10.5 Å². The first-order valence-electron chi connectivity index (χ1n) is 5.70. The highest BCUT2D eigenvalue weighted by atomic mass is 32.2. The predicted molar refractivity (Wildman–Crippen MR) is 68.7 cm³/mol. The standard InChI is InChI=1S/C11H13FN4O3S/c1-7-9(12)4-8(13)5-10(7)20(17,18)15-3-2-11-14-6-19-16-11/h4-6,15H,2-3,13H2,1H3. The van der Waals surface area contributed by atoms with Crippen molar-refractivity contribution >= 4 is 15.7 Å². The van der Waals surface area contributed by atoms with Gasteiger partial charge < -0.3 is 10.3 Å². The molecule has 7 nitrogen and oxygen atoms in total. The van der Waals surface area contributed by atoms with Crippen molar-refractivity contribution in [2.24, 2.45) is 0 Å². The van der Waals surface area contributed by atoms with Gasteiger partial charge in [0.1, 0.15) is 5.82 Å². The molecular weight excluding hydrogens is 287 g/mol. The number of sulfonamides is 1. The molecule has 0 bridgehead atoms. The molecule has 2 aromatic rings. The number of hydrogen-bond acceptors (Lipinski definition) is 6. The van der Waals surface area contributed by atoms with Gasteiger partial charge in [-0.15, -0.1) is 0 Å². The molecule has 0 spiro atoms. The number of nitrogens with zero attached hydrogens (tertiary/aromatic N) is 2. The van der Waals surface area contributed by atoms with Gasteiger partial charge in [-0.1, -0.05) is 5.16 Å². The lowest BCUT2D eigenvalue weighted by Crippen LogP contribution is -2.27. The summed E-state index contributed by atoms with van der Waals surface area (Å²) in [6.07, 6.45) is 1.42. The third-order valence-corrected chi connectivity index (χ3v) is 4.24. The number of rotatable bonds is 5. The number of halogens is 1. The number of nitrogen functional groups attached to an aromatic ring is 1. The first kappa shape index (κ1) is 14.4. The maximum Gasteiger partial charge on any atom is 0.241 e. The van der Waals surface area contributed by atoms with Crippen LogP contribution in [0, 0.1) is 12.7 Å². The molecule has 2 rings (SSSR count). The van der Waals surface area contributed by atoms with Gasteiger partial charge in [-0.2, -0.15) is 4.98 Å². The third-order valence-electron chi connectivity index (χ3n) is 2.66. The molecule has 0 saturated carbocycles. The molecule has 9 heteroatoms. The summed E-state index contributed by atoms with van der Waals surface area (Å²) in [6.45, 7) is 1.44. The van der Waals surface area contributed by atoms with E-state index in [0.29, 0.717) is 5.82 Å². The van der Waals surface area contributed by atoms with Crippen LogP contribution in [0.3, 0.4) is 0 Å². The van der Waals surface area contributed by atoms with Crippen LogP contribution in [-0.4, -0.2) is 25.1 Å². The molecule has 1 aromatic heterocycles. The number of anilines is 1. The molecular formula is C11H13FN4O3S. The largest absolute Gasteiger partial charge is 0.399 e. The van der Waals surface area contributed by atoms with Crippen molar-refractivity contribution in [3.63, 3.8) is 0 Å². The van der Waals surface area contributed by atoms with Crippen molar-refractivity contribution in [3.8, 4) is 0 Å². The van der Waals surface area contributed by atoms with Crippen molar-refractivity contribution < 1.29 is 17.3 Å². The molecule has 3 N–H and O–H groups in total. The molecule has 0 radical (unpaired) electrons. The Labute approximate surface area is 115 Å². The van der Waals surface area contributed by atoms with Gasteiger partial charge in [-0.25, -0.2) is 17.5 Å². The van der Waals surface area contributed by atoms with Crippen LogP contribution in [0.1, 0.15) is 11.4 Å². The highest BCUT2D eigenvalue weighted by Crippen LogP contribution is 2.21. The van der Waals surface area contributed by atoms with E-state index in [9.17, 15) is 12.8 Å². The first-order chi connectivity index (χ1) is 9.40. The van der Waals surface area contributed by atoms with Crippen LogP contribution in [0.15, 0.2) is 27.9 Å². The number of nitrogens with one attached hydrogen (secondary N) is 1. The normalized spacial score (nSPS) is 11.7. The first-order valence-corrected chi connectivity index (χ1v) is 7.19. The van der Waals surface area contributed by atoms with Crippen molar-refractivity contribution in [1.82, 2.24) is 14.9 Å². The molecule has 0 aliphatic carbocycles. The summed E-state index contributed by atoms with van der Waals surface area (Å²) in [5.41, 5.74) is 5.53. The van der Waals surface area contributed by atoms with E-state index in [0.717, 1.165) is 12.5 Å². The minimum Gasteiger partial charge on any atom is -0.399 e. The fourth-order valence-corrected chi connectivity index (χ4v) is 2.95. The summed E-state index contributed by atoms with van der Waals surface area (Å²) in [4.78, 5) is 3.58. The number of hydrogen-bond donors (Lipinski definition) is 2.